The van der Waals surface area contributed by atoms with Gasteiger partial charge in [-0.05, 0) is 31.0 Å². The van der Waals surface area contributed by atoms with Crippen LogP contribution < -0.4 is 5.32 Å². The molecule has 0 heterocycles. The summed E-state index contributed by atoms with van der Waals surface area (Å²) in [5.74, 6) is -0.287. The van der Waals surface area contributed by atoms with E-state index in [0.717, 1.165) is 16.1 Å². The Morgan fingerprint density at radius 1 is 0.962 bits per heavy atom. The number of para-hydroxylation sites is 1. The average molecular weight is 372 g/mol. The molecule has 0 saturated carbocycles. The molecule has 0 bridgehead atoms. The third-order valence-electron chi connectivity index (χ3n) is 3.89. The average Bonchev–Trinajstić information content (AvgIpc) is 2.62. The van der Waals surface area contributed by atoms with Crippen molar-refractivity contribution in [2.45, 2.75) is 11.4 Å². The molecule has 1 N–H and O–H groups in total. The fourth-order valence-electron chi connectivity index (χ4n) is 2.54. The predicted molar refractivity (Wildman–Crippen MR) is 107 cm³/mol. The first-order valence-electron chi connectivity index (χ1n) is 8.39. The Hall–Kier alpha value is -2.31. The second-order valence-electron chi connectivity index (χ2n) is 6.16. The minimum absolute atomic E-state index is 0.0285. The smallest absolute Gasteiger partial charge is 0.244 e. The Balaban J connectivity index is 1.83. The van der Waals surface area contributed by atoms with E-state index in [1.807, 2.05) is 72.8 Å². The molecule has 2 aromatic rings. The lowest BCUT2D eigenvalue weighted by molar-refractivity contribution is -0.134. The third-order valence-corrected chi connectivity index (χ3v) is 4.68. The SMILES string of the molecule is CSc1ccccc1NC(=O)CN(C)C(=O)CN(C)Cc1ccccc1. The highest BCUT2D eigenvalue weighted by atomic mass is 32.2. The Labute approximate surface area is 159 Å². The van der Waals surface area contributed by atoms with Gasteiger partial charge >= 0.3 is 0 Å². The molecule has 0 aliphatic heterocycles. The number of benzene rings is 2. The third kappa shape index (κ3) is 6.20. The van der Waals surface area contributed by atoms with E-state index in [4.69, 9.17) is 0 Å². The van der Waals surface area contributed by atoms with Gasteiger partial charge in [-0.2, -0.15) is 0 Å². The quantitative estimate of drug-likeness (QED) is 0.725. The van der Waals surface area contributed by atoms with Gasteiger partial charge in [0.05, 0.1) is 18.8 Å². The van der Waals surface area contributed by atoms with E-state index in [-0.39, 0.29) is 24.9 Å². The molecule has 0 aliphatic rings. The fourth-order valence-corrected chi connectivity index (χ4v) is 3.10. The fraction of sp³-hybridized carbons (Fsp3) is 0.300. The van der Waals surface area contributed by atoms with Crippen LogP contribution in [-0.2, 0) is 16.1 Å². The maximum atomic E-state index is 12.4. The molecule has 0 fully saturated rings. The second kappa shape index (κ2) is 9.99. The summed E-state index contributed by atoms with van der Waals surface area (Å²) < 4.78 is 0. The molecule has 0 aromatic heterocycles. The number of thioether (sulfide) groups is 1. The number of carbonyl (C=O) groups excluding carboxylic acids is 2. The minimum Gasteiger partial charge on any atom is -0.335 e. The van der Waals surface area contributed by atoms with E-state index < -0.39 is 0 Å². The van der Waals surface area contributed by atoms with Crippen LogP contribution in [0.2, 0.25) is 0 Å². The van der Waals surface area contributed by atoms with Gasteiger partial charge in [0.25, 0.3) is 0 Å². The van der Waals surface area contributed by atoms with Crippen LogP contribution in [-0.4, -0.2) is 55.1 Å². The van der Waals surface area contributed by atoms with Gasteiger partial charge in [-0.25, -0.2) is 0 Å². The van der Waals surface area contributed by atoms with E-state index >= 15 is 0 Å². The molecular weight excluding hydrogens is 346 g/mol. The number of hydrogen-bond donors (Lipinski definition) is 1. The molecule has 0 saturated heterocycles. The molecule has 5 nitrogen and oxygen atoms in total. The second-order valence-corrected chi connectivity index (χ2v) is 7.00. The van der Waals surface area contributed by atoms with Crippen LogP contribution in [0.25, 0.3) is 0 Å². The molecule has 0 spiro atoms. The summed E-state index contributed by atoms with van der Waals surface area (Å²) >= 11 is 1.57. The number of anilines is 1. The highest BCUT2D eigenvalue weighted by Crippen LogP contribution is 2.24. The summed E-state index contributed by atoms with van der Waals surface area (Å²) in [7, 11) is 3.55. The first-order chi connectivity index (χ1) is 12.5. The van der Waals surface area contributed by atoms with Gasteiger partial charge in [-0.1, -0.05) is 42.5 Å². The number of nitrogens with one attached hydrogen (secondary N) is 1. The molecular formula is C20H25N3O2S. The van der Waals surface area contributed by atoms with Crippen molar-refractivity contribution in [3.63, 3.8) is 0 Å². The number of nitrogens with zero attached hydrogens (tertiary/aromatic N) is 2. The summed E-state index contributed by atoms with van der Waals surface area (Å²) in [5.41, 5.74) is 1.92. The number of hydrogen-bond acceptors (Lipinski definition) is 4. The first kappa shape index (κ1) is 20.0. The first-order valence-corrected chi connectivity index (χ1v) is 9.61. The van der Waals surface area contributed by atoms with Crippen molar-refractivity contribution in [2.24, 2.45) is 0 Å². The van der Waals surface area contributed by atoms with Gasteiger partial charge < -0.3 is 10.2 Å². The van der Waals surface area contributed by atoms with Gasteiger partial charge in [0.1, 0.15) is 0 Å². The highest BCUT2D eigenvalue weighted by Gasteiger charge is 2.15. The molecule has 0 unspecified atom stereocenters. The summed E-state index contributed by atoms with van der Waals surface area (Å²) in [6.07, 6.45) is 1.96. The standard InChI is InChI=1S/C20H25N3O2S/c1-22(13-16-9-5-4-6-10-16)15-20(25)23(2)14-19(24)21-17-11-7-8-12-18(17)26-3/h4-12H,13-15H2,1-3H3,(H,21,24). The lowest BCUT2D eigenvalue weighted by Gasteiger charge is -2.22. The number of carbonyl (C=O) groups is 2. The van der Waals surface area contributed by atoms with Crippen LogP contribution in [0.5, 0.6) is 0 Å². The number of amides is 2. The van der Waals surface area contributed by atoms with Crippen LogP contribution in [0.4, 0.5) is 5.69 Å². The Kier molecular flexibility index (Phi) is 7.69. The lowest BCUT2D eigenvalue weighted by atomic mass is 10.2. The van der Waals surface area contributed by atoms with Crippen molar-refractivity contribution in [3.05, 3.63) is 60.2 Å². The minimum atomic E-state index is -0.201. The van der Waals surface area contributed by atoms with Gasteiger partial charge in [0.2, 0.25) is 11.8 Å². The zero-order valence-corrected chi connectivity index (χ0v) is 16.3. The van der Waals surface area contributed by atoms with E-state index in [1.165, 1.54) is 4.90 Å². The molecule has 6 heteroatoms. The summed E-state index contributed by atoms with van der Waals surface area (Å²) in [4.78, 5) is 29.0. The van der Waals surface area contributed by atoms with Crippen molar-refractivity contribution in [1.82, 2.24) is 9.80 Å². The van der Waals surface area contributed by atoms with Crippen LogP contribution in [0.15, 0.2) is 59.5 Å². The van der Waals surface area contributed by atoms with Crippen LogP contribution >= 0.6 is 11.8 Å². The normalized spacial score (nSPS) is 10.6. The van der Waals surface area contributed by atoms with Gasteiger partial charge in [0.15, 0.2) is 0 Å². The molecule has 0 aliphatic carbocycles. The van der Waals surface area contributed by atoms with E-state index in [0.29, 0.717) is 6.54 Å². The zero-order chi connectivity index (χ0) is 18.9. The van der Waals surface area contributed by atoms with Crippen molar-refractivity contribution in [1.29, 1.82) is 0 Å². The van der Waals surface area contributed by atoms with Crippen molar-refractivity contribution >= 4 is 29.3 Å². The topological polar surface area (TPSA) is 52.7 Å². The molecule has 2 aromatic carbocycles. The van der Waals surface area contributed by atoms with Crippen LogP contribution in [0, 0.1) is 0 Å². The van der Waals surface area contributed by atoms with Crippen molar-refractivity contribution in [2.75, 3.05) is 38.8 Å². The maximum Gasteiger partial charge on any atom is 0.244 e. The summed E-state index contributed by atoms with van der Waals surface area (Å²) in [5, 5.41) is 2.87. The monoisotopic (exact) mass is 371 g/mol. The molecule has 138 valence electrons. The van der Waals surface area contributed by atoms with Crippen LogP contribution in [0.3, 0.4) is 0 Å². The largest absolute Gasteiger partial charge is 0.335 e. The van der Waals surface area contributed by atoms with E-state index in [2.05, 4.69) is 5.32 Å². The molecule has 2 rings (SSSR count). The summed E-state index contributed by atoms with van der Waals surface area (Å²) in [6.45, 7) is 0.981. The zero-order valence-electron chi connectivity index (χ0n) is 15.4. The number of rotatable bonds is 8. The van der Waals surface area contributed by atoms with Crippen molar-refractivity contribution in [3.8, 4) is 0 Å². The van der Waals surface area contributed by atoms with Crippen LogP contribution in [0.1, 0.15) is 5.56 Å². The lowest BCUT2D eigenvalue weighted by Crippen LogP contribution is -2.40. The Bertz CT molecular complexity index is 737. The van der Waals surface area contributed by atoms with Crippen molar-refractivity contribution < 1.29 is 9.59 Å². The maximum absolute atomic E-state index is 12.4. The number of likely N-dealkylation sites (N-methyl/N-ethyl adjacent to an activating group) is 2. The Morgan fingerprint density at radius 3 is 2.31 bits per heavy atom. The highest BCUT2D eigenvalue weighted by molar-refractivity contribution is 7.98. The van der Waals surface area contributed by atoms with Gasteiger partial charge in [0, 0.05) is 18.5 Å². The molecule has 0 atom stereocenters. The van der Waals surface area contributed by atoms with E-state index in [9.17, 15) is 9.59 Å². The molecule has 0 radical (unpaired) electrons. The molecule has 2 amide bonds. The predicted octanol–water partition coefficient (Wildman–Crippen LogP) is 2.94. The molecule has 26 heavy (non-hydrogen) atoms. The van der Waals surface area contributed by atoms with Gasteiger partial charge in [-0.3, -0.25) is 14.5 Å². The Morgan fingerprint density at radius 2 is 1.62 bits per heavy atom. The summed E-state index contributed by atoms with van der Waals surface area (Å²) in [6, 6.07) is 17.6. The van der Waals surface area contributed by atoms with Gasteiger partial charge in [-0.15, -0.1) is 11.8 Å². The van der Waals surface area contributed by atoms with E-state index in [1.54, 1.807) is 18.8 Å².